The van der Waals surface area contributed by atoms with Crippen molar-refractivity contribution in [3.05, 3.63) is 474 Å². The van der Waals surface area contributed by atoms with Crippen LogP contribution in [0.15, 0.2) is 474 Å². The topological polar surface area (TPSA) is 77.3 Å². The van der Waals surface area contributed by atoms with Gasteiger partial charge in [-0.1, -0.05) is 370 Å². The lowest BCUT2D eigenvalue weighted by Crippen LogP contribution is -1.92. The van der Waals surface area contributed by atoms with Crippen LogP contribution in [0.3, 0.4) is 0 Å². The molecule has 0 fully saturated rings. The van der Waals surface area contributed by atoms with Crippen LogP contribution < -0.4 is 0 Å². The van der Waals surface area contributed by atoms with Crippen LogP contribution in [0.1, 0.15) is 0 Å². The van der Waals surface area contributed by atoms with Gasteiger partial charge >= 0.3 is 0 Å². The fraction of sp³-hybridized carbons (Fsp3) is 0. The molecular formula is C120H78N6. The highest BCUT2D eigenvalue weighted by Crippen LogP contribution is 2.44. The lowest BCUT2D eigenvalue weighted by Gasteiger charge is -2.14. The van der Waals surface area contributed by atoms with Gasteiger partial charge in [0.25, 0.3) is 0 Å². The molecule has 24 rings (SSSR count). The second-order valence-electron chi connectivity index (χ2n) is 32.0. The summed E-state index contributed by atoms with van der Waals surface area (Å²) in [5.74, 6) is 0. The first-order valence-electron chi connectivity index (χ1n) is 42.7. The summed E-state index contributed by atoms with van der Waals surface area (Å²) < 4.78 is 0. The Morgan fingerprint density at radius 3 is 0.849 bits per heavy atom. The summed E-state index contributed by atoms with van der Waals surface area (Å²) in [7, 11) is 0. The van der Waals surface area contributed by atoms with Gasteiger partial charge in [0.15, 0.2) is 0 Å². The predicted molar refractivity (Wildman–Crippen MR) is 529 cm³/mol. The molecular weight excluding hydrogens is 1530 g/mol. The van der Waals surface area contributed by atoms with Gasteiger partial charge in [-0.25, -0.2) is 15.0 Å². The van der Waals surface area contributed by atoms with Crippen molar-refractivity contribution in [3.8, 4) is 134 Å². The van der Waals surface area contributed by atoms with Gasteiger partial charge in [-0.15, -0.1) is 0 Å². The van der Waals surface area contributed by atoms with Gasteiger partial charge in [-0.05, 0) is 210 Å². The molecule has 0 atom stereocenters. The fourth-order valence-electron chi connectivity index (χ4n) is 18.2. The van der Waals surface area contributed by atoms with Crippen molar-refractivity contribution in [3.63, 3.8) is 0 Å². The van der Waals surface area contributed by atoms with Crippen LogP contribution in [-0.2, 0) is 0 Å². The molecule has 0 amide bonds. The van der Waals surface area contributed by atoms with E-state index < -0.39 is 0 Å². The largest absolute Gasteiger partial charge is 0.264 e. The minimum atomic E-state index is 0.969. The van der Waals surface area contributed by atoms with Crippen LogP contribution in [0, 0.1) is 0 Å². The van der Waals surface area contributed by atoms with E-state index in [1.165, 1.54) is 153 Å². The fourth-order valence-corrected chi connectivity index (χ4v) is 18.2. The average molecular weight is 1600 g/mol. The highest BCUT2D eigenvalue weighted by molar-refractivity contribution is 6.17. The summed E-state index contributed by atoms with van der Waals surface area (Å²) in [5.41, 5.74) is 30.5. The maximum Gasteiger partial charge on any atom is 0.0722 e. The van der Waals surface area contributed by atoms with Crippen molar-refractivity contribution < 1.29 is 0 Å². The van der Waals surface area contributed by atoms with Crippen LogP contribution >= 0.6 is 0 Å². The van der Waals surface area contributed by atoms with Gasteiger partial charge in [0.05, 0.1) is 33.6 Å². The standard InChI is InChI=1S/3C40H26N2/c1-2-9-28(10-3-1)36-24-39(42-38-22-21-29-11-4-7-16-35(29)40(36)38)32-14-8-13-31(23-32)27-17-19-30(20-18-27)37-26-41-25-33-12-5-6-15-34(33)37;1-2-8-28(9-3-1)36-25-39(42-38-21-20-29-10-4-5-14-35(29)40(36)38)33-13-6-12-32(24-33)27-16-18-31(19-17-27)34-15-7-11-30-22-23-41-26-37(30)34;1-2-8-28(9-3-1)37-25-39(42-38-21-20-29-10-4-5-14-36(29)40(37)38)32-12-6-11-31(24-32)27-16-18-30(19-17-27)34-15-7-13-33-26-41-23-22-35(33)34/h3*1-26H. The van der Waals surface area contributed by atoms with Crippen LogP contribution in [0.4, 0.5) is 0 Å². The van der Waals surface area contributed by atoms with Gasteiger partial charge in [-0.2, -0.15) is 0 Å². The van der Waals surface area contributed by atoms with Gasteiger partial charge in [-0.3, -0.25) is 15.0 Å². The molecule has 18 aromatic carbocycles. The zero-order valence-corrected chi connectivity index (χ0v) is 68.7. The molecule has 6 nitrogen and oxygen atoms in total. The third kappa shape index (κ3) is 14.8. The summed E-state index contributed by atoms with van der Waals surface area (Å²) in [5, 5.41) is 18.0. The quantitative estimate of drug-likeness (QED) is 0.113. The van der Waals surface area contributed by atoms with Crippen molar-refractivity contribution in [2.75, 3.05) is 0 Å². The van der Waals surface area contributed by atoms with E-state index in [0.29, 0.717) is 0 Å². The molecule has 0 aliphatic heterocycles. The van der Waals surface area contributed by atoms with Crippen LogP contribution in [-0.4, -0.2) is 29.9 Å². The number of rotatable bonds is 12. The Morgan fingerprint density at radius 2 is 0.421 bits per heavy atom. The van der Waals surface area contributed by atoms with E-state index in [4.69, 9.17) is 15.0 Å². The third-order valence-electron chi connectivity index (χ3n) is 24.4. The normalized spacial score (nSPS) is 11.3. The number of hydrogen-bond acceptors (Lipinski definition) is 6. The van der Waals surface area contributed by atoms with Crippen molar-refractivity contribution in [1.29, 1.82) is 0 Å². The van der Waals surface area contributed by atoms with Gasteiger partial charge in [0.1, 0.15) is 0 Å². The van der Waals surface area contributed by atoms with E-state index in [-0.39, 0.29) is 0 Å². The molecule has 0 aliphatic rings. The monoisotopic (exact) mass is 1600 g/mol. The first-order chi connectivity index (χ1) is 62.4. The molecule has 0 aliphatic carbocycles. The summed E-state index contributed by atoms with van der Waals surface area (Å²) in [6, 6.07) is 155. The minimum Gasteiger partial charge on any atom is -0.264 e. The molecule has 126 heavy (non-hydrogen) atoms. The zero-order chi connectivity index (χ0) is 83.6. The van der Waals surface area contributed by atoms with Gasteiger partial charge in [0.2, 0.25) is 0 Å². The Morgan fingerprint density at radius 1 is 0.135 bits per heavy atom. The molecule has 0 radical (unpaired) electrons. The molecule has 0 spiro atoms. The van der Waals surface area contributed by atoms with Crippen LogP contribution in [0.25, 0.3) is 231 Å². The number of hydrogen-bond donors (Lipinski definition) is 0. The van der Waals surface area contributed by atoms with Gasteiger partial charge in [0, 0.05) is 91.8 Å². The Kier molecular flexibility index (Phi) is 19.9. The Hall–Kier alpha value is -16.8. The molecule has 6 heterocycles. The molecule has 0 saturated carbocycles. The molecule has 0 unspecified atom stereocenters. The SMILES string of the molecule is c1ccc(-c2cc(-c3cccc(-c4ccc(-c5cccc6ccncc56)cc4)c3)nc3ccc4ccccc4c23)cc1.c1ccc(-c2cc(-c3cccc(-c4ccc(-c5cccc6cnccc56)cc4)c3)nc3ccc4ccccc4c23)cc1.c1ccc(-c2cc(-c3cccc(-c4ccc(-c5cncc6ccccc56)cc4)c3)nc3ccc4ccccc4c23)cc1. The van der Waals surface area contributed by atoms with Crippen LogP contribution in [0.2, 0.25) is 0 Å². The summed E-state index contributed by atoms with van der Waals surface area (Å²) in [4.78, 5) is 28.7. The Labute approximate surface area is 730 Å². The molecule has 0 saturated heterocycles. The van der Waals surface area contributed by atoms with Gasteiger partial charge < -0.3 is 0 Å². The predicted octanol–water partition coefficient (Wildman–Crippen LogP) is 31.8. The van der Waals surface area contributed by atoms with Crippen molar-refractivity contribution in [2.24, 2.45) is 0 Å². The average Bonchev–Trinajstić information content (AvgIpc) is 0.772. The minimum absolute atomic E-state index is 0.969. The summed E-state index contributed by atoms with van der Waals surface area (Å²) in [6.45, 7) is 0. The van der Waals surface area contributed by atoms with E-state index >= 15 is 0 Å². The van der Waals surface area contributed by atoms with Crippen molar-refractivity contribution in [1.82, 2.24) is 29.9 Å². The lowest BCUT2D eigenvalue weighted by molar-refractivity contribution is 1.36. The van der Waals surface area contributed by atoms with Crippen molar-refractivity contribution in [2.45, 2.75) is 0 Å². The number of nitrogens with zero attached hydrogens (tertiary/aromatic N) is 6. The number of aromatic nitrogens is 6. The highest BCUT2D eigenvalue weighted by Gasteiger charge is 2.20. The van der Waals surface area contributed by atoms with E-state index in [2.05, 4.69) is 452 Å². The maximum atomic E-state index is 5.19. The van der Waals surface area contributed by atoms with E-state index in [1.807, 2.05) is 37.2 Å². The lowest BCUT2D eigenvalue weighted by atomic mass is 9.93. The molecule has 6 heteroatoms. The molecule has 0 N–H and O–H groups in total. The number of benzene rings is 18. The van der Waals surface area contributed by atoms with E-state index in [1.54, 1.807) is 0 Å². The first-order valence-corrected chi connectivity index (χ1v) is 42.7. The molecule has 588 valence electrons. The van der Waals surface area contributed by atoms with E-state index in [0.717, 1.165) is 77.8 Å². The second-order valence-corrected chi connectivity index (χ2v) is 32.0. The maximum absolute atomic E-state index is 5.19. The second kappa shape index (κ2) is 33.3. The van der Waals surface area contributed by atoms with Crippen LogP contribution in [0.5, 0.6) is 0 Å². The Bertz CT molecular complexity index is 7450. The first kappa shape index (κ1) is 75.4. The molecule has 0 bridgehead atoms. The summed E-state index contributed by atoms with van der Waals surface area (Å²) >= 11 is 0. The Balaban J connectivity index is 0.000000112. The van der Waals surface area contributed by atoms with E-state index in [9.17, 15) is 0 Å². The number of pyridine rings is 6. The molecule has 6 aromatic heterocycles. The smallest absolute Gasteiger partial charge is 0.0722 e. The zero-order valence-electron chi connectivity index (χ0n) is 68.7. The third-order valence-corrected chi connectivity index (χ3v) is 24.4. The highest BCUT2D eigenvalue weighted by atomic mass is 14.7. The molecule has 24 aromatic rings. The van der Waals surface area contributed by atoms with Crippen molar-refractivity contribution >= 4 is 97.3 Å². The summed E-state index contributed by atoms with van der Waals surface area (Å²) in [6.07, 6.45) is 11.5. The number of fused-ring (bicyclic) bond motifs is 12.